The van der Waals surface area contributed by atoms with Crippen LogP contribution in [0.2, 0.25) is 0 Å². The molecule has 0 saturated carbocycles. The molecule has 0 fully saturated rings. The summed E-state index contributed by atoms with van der Waals surface area (Å²) in [6.45, 7) is 4.07. The van der Waals surface area contributed by atoms with E-state index in [1.807, 2.05) is 42.7 Å². The van der Waals surface area contributed by atoms with E-state index < -0.39 is 11.4 Å². The first-order valence-electron chi connectivity index (χ1n) is 6.30. The lowest BCUT2D eigenvalue weighted by Crippen LogP contribution is -2.25. The Morgan fingerprint density at radius 1 is 1.26 bits per heavy atom. The van der Waals surface area contributed by atoms with Gasteiger partial charge < -0.3 is 5.11 Å². The number of carboxylic acid groups (broad SMARTS) is 1. The third kappa shape index (κ3) is 3.22. The summed E-state index contributed by atoms with van der Waals surface area (Å²) in [5.74, 6) is -0.775. The third-order valence-electron chi connectivity index (χ3n) is 3.29. The van der Waals surface area contributed by atoms with Gasteiger partial charge in [0, 0.05) is 18.3 Å². The summed E-state index contributed by atoms with van der Waals surface area (Å²) in [4.78, 5) is 11.0. The van der Waals surface area contributed by atoms with Crippen molar-refractivity contribution in [2.75, 3.05) is 0 Å². The molecule has 0 atom stereocenters. The van der Waals surface area contributed by atoms with Gasteiger partial charge in [0.1, 0.15) is 0 Å². The fraction of sp³-hybridized carbons (Fsp3) is 0.333. The summed E-state index contributed by atoms with van der Waals surface area (Å²) >= 11 is 0. The molecule has 1 aromatic heterocycles. The Morgan fingerprint density at radius 2 is 1.95 bits per heavy atom. The molecule has 0 amide bonds. The van der Waals surface area contributed by atoms with Crippen LogP contribution in [-0.2, 0) is 11.3 Å². The van der Waals surface area contributed by atoms with E-state index in [-0.39, 0.29) is 0 Å². The number of carbonyl (C=O) groups is 1. The highest BCUT2D eigenvalue weighted by atomic mass is 16.4. The maximum atomic E-state index is 11.0. The van der Waals surface area contributed by atoms with Crippen molar-refractivity contribution >= 4 is 5.97 Å². The fourth-order valence-corrected chi connectivity index (χ4v) is 1.77. The van der Waals surface area contributed by atoms with Crippen molar-refractivity contribution < 1.29 is 9.90 Å². The minimum Gasteiger partial charge on any atom is -0.481 e. The van der Waals surface area contributed by atoms with Crippen molar-refractivity contribution in [3.05, 3.63) is 42.7 Å². The monoisotopic (exact) mass is 258 g/mol. The van der Waals surface area contributed by atoms with Crippen LogP contribution in [0, 0.1) is 5.41 Å². The predicted octanol–water partition coefficient (Wildman–Crippen LogP) is 3.05. The second-order valence-electron chi connectivity index (χ2n) is 5.30. The summed E-state index contributed by atoms with van der Waals surface area (Å²) in [5.41, 5.74) is 1.44. The van der Waals surface area contributed by atoms with Crippen LogP contribution in [0.15, 0.2) is 42.7 Å². The molecule has 1 aromatic carbocycles. The number of hydrogen-bond donors (Lipinski definition) is 1. The first kappa shape index (κ1) is 13.3. The van der Waals surface area contributed by atoms with Crippen LogP contribution >= 0.6 is 0 Å². The summed E-state index contributed by atoms with van der Waals surface area (Å²) in [7, 11) is 0. The molecule has 0 unspecified atom stereocenters. The Morgan fingerprint density at radius 3 is 2.58 bits per heavy atom. The van der Waals surface area contributed by atoms with Crippen molar-refractivity contribution in [3.63, 3.8) is 0 Å². The minimum atomic E-state index is -0.775. The second kappa shape index (κ2) is 5.26. The van der Waals surface area contributed by atoms with Crippen LogP contribution in [0.3, 0.4) is 0 Å². The van der Waals surface area contributed by atoms with Crippen molar-refractivity contribution in [1.82, 2.24) is 9.78 Å². The first-order chi connectivity index (χ1) is 8.99. The highest BCUT2D eigenvalue weighted by Crippen LogP contribution is 2.22. The minimum absolute atomic E-state index is 0.554. The van der Waals surface area contributed by atoms with E-state index in [9.17, 15) is 4.79 Å². The number of aromatic nitrogens is 2. The van der Waals surface area contributed by atoms with Crippen LogP contribution in [0.5, 0.6) is 0 Å². The smallest absolute Gasteiger partial charge is 0.309 e. The van der Waals surface area contributed by atoms with Gasteiger partial charge in [0.15, 0.2) is 0 Å². The maximum Gasteiger partial charge on any atom is 0.309 e. The summed E-state index contributed by atoms with van der Waals surface area (Å²) in [5, 5.41) is 13.4. The third-order valence-corrected chi connectivity index (χ3v) is 3.29. The molecule has 1 heterocycles. The Kier molecular flexibility index (Phi) is 3.69. The summed E-state index contributed by atoms with van der Waals surface area (Å²) in [6, 6.07) is 10.0. The van der Waals surface area contributed by atoms with Gasteiger partial charge in [0.25, 0.3) is 0 Å². The number of benzene rings is 1. The second-order valence-corrected chi connectivity index (χ2v) is 5.30. The highest BCUT2D eigenvalue weighted by molar-refractivity contribution is 5.73. The number of rotatable bonds is 5. The van der Waals surface area contributed by atoms with Crippen LogP contribution < -0.4 is 0 Å². The van der Waals surface area contributed by atoms with Crippen molar-refractivity contribution in [3.8, 4) is 11.1 Å². The fourth-order valence-electron chi connectivity index (χ4n) is 1.77. The van der Waals surface area contributed by atoms with Gasteiger partial charge in [0.05, 0.1) is 11.6 Å². The molecule has 0 saturated heterocycles. The number of carboxylic acids is 1. The van der Waals surface area contributed by atoms with E-state index in [0.29, 0.717) is 13.0 Å². The van der Waals surface area contributed by atoms with Gasteiger partial charge in [-0.1, -0.05) is 30.3 Å². The topological polar surface area (TPSA) is 55.1 Å². The van der Waals surface area contributed by atoms with E-state index >= 15 is 0 Å². The van der Waals surface area contributed by atoms with Crippen LogP contribution in [0.1, 0.15) is 20.3 Å². The Balaban J connectivity index is 2.05. The molecule has 4 heteroatoms. The average molecular weight is 258 g/mol. The van der Waals surface area contributed by atoms with Crippen LogP contribution in [0.25, 0.3) is 11.1 Å². The van der Waals surface area contributed by atoms with Gasteiger partial charge in [-0.25, -0.2) is 0 Å². The average Bonchev–Trinajstić information content (AvgIpc) is 2.86. The van der Waals surface area contributed by atoms with Crippen LogP contribution in [0.4, 0.5) is 0 Å². The standard InChI is InChI=1S/C15H18N2O2/c1-15(2,14(18)19)8-9-17-11-13(10-16-17)12-6-4-3-5-7-12/h3-7,10-11H,8-9H2,1-2H3,(H,18,19). The van der Waals surface area contributed by atoms with Gasteiger partial charge in [-0.3, -0.25) is 9.48 Å². The van der Waals surface area contributed by atoms with E-state index in [1.165, 1.54) is 0 Å². The zero-order valence-electron chi connectivity index (χ0n) is 11.2. The molecule has 0 spiro atoms. The molecule has 1 N–H and O–H groups in total. The van der Waals surface area contributed by atoms with Gasteiger partial charge in [-0.05, 0) is 25.8 Å². The molecule has 0 radical (unpaired) electrons. The highest BCUT2D eigenvalue weighted by Gasteiger charge is 2.26. The zero-order chi connectivity index (χ0) is 13.9. The van der Waals surface area contributed by atoms with Gasteiger partial charge in [0.2, 0.25) is 0 Å². The van der Waals surface area contributed by atoms with Crippen LogP contribution in [-0.4, -0.2) is 20.9 Å². The van der Waals surface area contributed by atoms with E-state index in [2.05, 4.69) is 5.10 Å². The molecular formula is C15H18N2O2. The molecule has 0 aliphatic heterocycles. The lowest BCUT2D eigenvalue weighted by atomic mass is 9.90. The van der Waals surface area contributed by atoms with E-state index in [4.69, 9.17) is 5.11 Å². The predicted molar refractivity (Wildman–Crippen MR) is 73.7 cm³/mol. The Hall–Kier alpha value is -2.10. The number of nitrogens with zero attached hydrogens (tertiary/aromatic N) is 2. The van der Waals surface area contributed by atoms with Crippen molar-refractivity contribution in [2.24, 2.45) is 5.41 Å². The van der Waals surface area contributed by atoms with Gasteiger partial charge in [-0.2, -0.15) is 5.10 Å². The summed E-state index contributed by atoms with van der Waals surface area (Å²) < 4.78 is 1.80. The van der Waals surface area contributed by atoms with Gasteiger partial charge >= 0.3 is 5.97 Å². The number of hydrogen-bond acceptors (Lipinski definition) is 2. The molecule has 0 bridgehead atoms. The van der Waals surface area contributed by atoms with E-state index in [1.54, 1.807) is 18.5 Å². The Labute approximate surface area is 112 Å². The molecule has 0 aliphatic rings. The van der Waals surface area contributed by atoms with Gasteiger partial charge in [-0.15, -0.1) is 0 Å². The number of aliphatic carboxylic acids is 1. The maximum absolute atomic E-state index is 11.0. The molecule has 2 rings (SSSR count). The molecule has 0 aliphatic carbocycles. The number of aryl methyl sites for hydroxylation is 1. The summed E-state index contributed by atoms with van der Waals surface area (Å²) in [6.07, 6.45) is 4.31. The first-order valence-corrected chi connectivity index (χ1v) is 6.30. The van der Waals surface area contributed by atoms with Crippen molar-refractivity contribution in [1.29, 1.82) is 0 Å². The lowest BCUT2D eigenvalue weighted by molar-refractivity contribution is -0.147. The quantitative estimate of drug-likeness (QED) is 0.896. The molecule has 4 nitrogen and oxygen atoms in total. The molecule has 100 valence electrons. The van der Waals surface area contributed by atoms with E-state index in [0.717, 1.165) is 11.1 Å². The Bertz CT molecular complexity index is 559. The van der Waals surface area contributed by atoms with Crippen molar-refractivity contribution in [2.45, 2.75) is 26.8 Å². The molecule has 19 heavy (non-hydrogen) atoms. The largest absolute Gasteiger partial charge is 0.481 e. The normalized spacial score (nSPS) is 11.5. The SMILES string of the molecule is CC(C)(CCn1cc(-c2ccccc2)cn1)C(=O)O. The molecular weight excluding hydrogens is 240 g/mol. The zero-order valence-corrected chi connectivity index (χ0v) is 11.2. The molecule has 2 aromatic rings. The lowest BCUT2D eigenvalue weighted by Gasteiger charge is -2.18.